The van der Waals surface area contributed by atoms with Crippen molar-refractivity contribution in [3.05, 3.63) is 75.1 Å². The van der Waals surface area contributed by atoms with E-state index in [0.717, 1.165) is 29.5 Å². The van der Waals surface area contributed by atoms with Crippen molar-refractivity contribution < 1.29 is 10.2 Å². The van der Waals surface area contributed by atoms with Crippen LogP contribution in [-0.4, -0.2) is 29.7 Å². The second-order valence-electron chi connectivity index (χ2n) is 8.57. The minimum atomic E-state index is -0.219. The fourth-order valence-corrected chi connectivity index (χ4v) is 5.63. The maximum Gasteiger partial charge on any atom is 0.263 e. The number of hydrogen-bond acceptors (Lipinski definition) is 7. The summed E-state index contributed by atoms with van der Waals surface area (Å²) in [6, 6.07) is 8.53. The van der Waals surface area contributed by atoms with Crippen molar-refractivity contribution in [3.63, 3.8) is 0 Å². The summed E-state index contributed by atoms with van der Waals surface area (Å²) in [7, 11) is 0. The molecule has 3 heterocycles. The maximum absolute atomic E-state index is 14.0. The van der Waals surface area contributed by atoms with E-state index in [-0.39, 0.29) is 28.6 Å². The zero-order valence-electron chi connectivity index (χ0n) is 18.1. The Morgan fingerprint density at radius 2 is 1.91 bits per heavy atom. The number of aryl methyl sites for hydroxylation is 1. The van der Waals surface area contributed by atoms with Gasteiger partial charge in [0, 0.05) is 28.9 Å². The highest BCUT2D eigenvalue weighted by Gasteiger charge is 2.29. The van der Waals surface area contributed by atoms with Gasteiger partial charge in [-0.2, -0.15) is 0 Å². The lowest BCUT2D eigenvalue weighted by Gasteiger charge is -2.16. The van der Waals surface area contributed by atoms with Gasteiger partial charge in [-0.3, -0.25) is 9.36 Å². The Balaban J connectivity index is 1.67. The topological polar surface area (TPSA) is 101 Å². The first kappa shape index (κ1) is 21.1. The van der Waals surface area contributed by atoms with E-state index in [9.17, 15) is 15.0 Å². The van der Waals surface area contributed by atoms with Crippen molar-refractivity contribution in [2.24, 2.45) is 0 Å². The molecule has 2 N–H and O–H groups in total. The number of aromatic hydroxyl groups is 2. The van der Waals surface area contributed by atoms with Crippen LogP contribution in [0.3, 0.4) is 0 Å². The molecule has 0 bridgehead atoms. The number of thiophene rings is 1. The second-order valence-corrected chi connectivity index (χ2v) is 9.97. The summed E-state index contributed by atoms with van der Waals surface area (Å²) in [5.41, 5.74) is 2.34. The third-order valence-corrected chi connectivity index (χ3v) is 7.57. The van der Waals surface area contributed by atoms with Crippen LogP contribution in [0.15, 0.2) is 47.5 Å². The number of nitrogens with zero attached hydrogens (tertiary/aromatic N) is 4. The van der Waals surface area contributed by atoms with Gasteiger partial charge in [-0.25, -0.2) is 15.0 Å². The molecule has 0 atom stereocenters. The molecule has 0 radical (unpaired) electrons. The number of hydrogen-bond donors (Lipinski definition) is 2. The van der Waals surface area contributed by atoms with Crippen molar-refractivity contribution in [1.29, 1.82) is 0 Å². The van der Waals surface area contributed by atoms with E-state index >= 15 is 0 Å². The number of rotatable bonds is 4. The molecular weight excluding hydrogens is 472 g/mol. The minimum absolute atomic E-state index is 0.0510. The number of phenols is 2. The third kappa shape index (κ3) is 3.41. The van der Waals surface area contributed by atoms with Crippen molar-refractivity contribution in [1.82, 2.24) is 19.5 Å². The van der Waals surface area contributed by atoms with E-state index in [4.69, 9.17) is 16.6 Å². The molecule has 1 fully saturated rings. The maximum atomic E-state index is 14.0. The van der Waals surface area contributed by atoms with Crippen molar-refractivity contribution >= 4 is 43.2 Å². The molecular formula is C25H19ClN4O3S. The Bertz CT molecular complexity index is 1660. The Hall–Kier alpha value is -3.49. The minimum Gasteiger partial charge on any atom is -0.508 e. The zero-order valence-corrected chi connectivity index (χ0v) is 19.7. The Kier molecular flexibility index (Phi) is 4.82. The van der Waals surface area contributed by atoms with E-state index in [1.54, 1.807) is 41.2 Å². The average molecular weight is 491 g/mol. The molecule has 6 rings (SSSR count). The van der Waals surface area contributed by atoms with Gasteiger partial charge >= 0.3 is 0 Å². The number of phenolic OH excluding ortho intramolecular Hbond substituents is 2. The second kappa shape index (κ2) is 7.78. The van der Waals surface area contributed by atoms with Crippen LogP contribution in [-0.2, 0) is 6.54 Å². The van der Waals surface area contributed by atoms with Gasteiger partial charge in [0.15, 0.2) is 5.75 Å². The van der Waals surface area contributed by atoms with Crippen LogP contribution in [0, 0.1) is 6.92 Å². The SMILES string of the molecule is Cc1ncc(Cn2c(-c3ccc(O)cc3C3CC3)nc3sc4c(O)c(Cl)ccc4c3c2=O)cn1. The molecule has 0 unspecified atom stereocenters. The quantitative estimate of drug-likeness (QED) is 0.351. The molecule has 9 heteroatoms. The number of fused-ring (bicyclic) bond motifs is 3. The number of halogens is 1. The smallest absolute Gasteiger partial charge is 0.263 e. The molecule has 0 amide bonds. The Morgan fingerprint density at radius 1 is 1.15 bits per heavy atom. The highest BCUT2D eigenvalue weighted by Crippen LogP contribution is 2.46. The van der Waals surface area contributed by atoms with Gasteiger partial charge in [-0.05, 0) is 55.5 Å². The summed E-state index contributed by atoms with van der Waals surface area (Å²) in [5, 5.41) is 21.9. The number of aromatic nitrogens is 4. The standard InChI is InChI=1S/C25H19ClN4O3S/c1-12-27-9-13(10-28-12)11-30-23(16-5-4-15(31)8-18(16)14-2-3-14)29-24-20(25(30)33)17-6-7-19(26)21(32)22(17)34-24/h4-10,14,31-32H,2-3,11H2,1H3. The fourth-order valence-electron chi connectivity index (χ4n) is 4.31. The van der Waals surface area contributed by atoms with Gasteiger partial charge in [0.25, 0.3) is 5.56 Å². The predicted octanol–water partition coefficient (Wildman–Crippen LogP) is 5.37. The van der Waals surface area contributed by atoms with Crippen LogP contribution in [0.4, 0.5) is 0 Å². The van der Waals surface area contributed by atoms with Crippen LogP contribution >= 0.6 is 22.9 Å². The molecule has 0 saturated heterocycles. The van der Waals surface area contributed by atoms with Gasteiger partial charge in [-0.1, -0.05) is 17.7 Å². The van der Waals surface area contributed by atoms with Gasteiger partial charge < -0.3 is 10.2 Å². The lowest BCUT2D eigenvalue weighted by Crippen LogP contribution is -2.24. The largest absolute Gasteiger partial charge is 0.508 e. The van der Waals surface area contributed by atoms with Crippen LogP contribution < -0.4 is 5.56 Å². The normalized spacial score (nSPS) is 13.7. The summed E-state index contributed by atoms with van der Waals surface area (Å²) in [6.45, 7) is 2.04. The summed E-state index contributed by atoms with van der Waals surface area (Å²) in [6.07, 6.45) is 5.48. The van der Waals surface area contributed by atoms with Gasteiger partial charge in [0.1, 0.15) is 22.2 Å². The van der Waals surface area contributed by atoms with Crippen molar-refractivity contribution in [2.45, 2.75) is 32.2 Å². The monoisotopic (exact) mass is 490 g/mol. The van der Waals surface area contributed by atoms with E-state index in [0.29, 0.717) is 37.9 Å². The zero-order chi connectivity index (χ0) is 23.6. The summed E-state index contributed by atoms with van der Waals surface area (Å²) < 4.78 is 2.16. The van der Waals surface area contributed by atoms with Crippen LogP contribution in [0.5, 0.6) is 11.5 Å². The van der Waals surface area contributed by atoms with E-state index in [2.05, 4.69) is 9.97 Å². The molecule has 1 aliphatic rings. The van der Waals surface area contributed by atoms with E-state index in [1.165, 1.54) is 11.3 Å². The molecule has 7 nitrogen and oxygen atoms in total. The first-order valence-corrected chi connectivity index (χ1v) is 12.1. The lowest BCUT2D eigenvalue weighted by molar-refractivity contribution is 0.474. The highest BCUT2D eigenvalue weighted by atomic mass is 35.5. The van der Waals surface area contributed by atoms with Crippen molar-refractivity contribution in [2.75, 3.05) is 0 Å². The van der Waals surface area contributed by atoms with Crippen LogP contribution in [0.2, 0.25) is 5.02 Å². The van der Waals surface area contributed by atoms with Crippen LogP contribution in [0.25, 0.3) is 31.7 Å². The van der Waals surface area contributed by atoms with Crippen molar-refractivity contribution in [3.8, 4) is 22.9 Å². The van der Waals surface area contributed by atoms with Crippen LogP contribution in [0.1, 0.15) is 35.7 Å². The highest BCUT2D eigenvalue weighted by molar-refractivity contribution is 7.25. The van der Waals surface area contributed by atoms with E-state index < -0.39 is 0 Å². The molecule has 0 spiro atoms. The Labute approximate surface area is 203 Å². The van der Waals surface area contributed by atoms with Gasteiger partial charge in [0.2, 0.25) is 0 Å². The van der Waals surface area contributed by atoms with E-state index in [1.807, 2.05) is 13.0 Å². The summed E-state index contributed by atoms with van der Waals surface area (Å²) in [5.74, 6) is 1.63. The fraction of sp³-hybridized carbons (Fsp3) is 0.200. The predicted molar refractivity (Wildman–Crippen MR) is 133 cm³/mol. The first-order valence-electron chi connectivity index (χ1n) is 10.9. The Morgan fingerprint density at radius 3 is 2.65 bits per heavy atom. The summed E-state index contributed by atoms with van der Waals surface area (Å²) >= 11 is 7.37. The molecule has 34 heavy (non-hydrogen) atoms. The van der Waals surface area contributed by atoms with Gasteiger partial charge in [-0.15, -0.1) is 11.3 Å². The number of benzene rings is 2. The molecule has 1 saturated carbocycles. The molecule has 1 aliphatic carbocycles. The average Bonchev–Trinajstić information content (AvgIpc) is 3.60. The molecule has 170 valence electrons. The van der Waals surface area contributed by atoms with Gasteiger partial charge in [0.05, 0.1) is 21.7 Å². The first-order chi connectivity index (χ1) is 16.4. The summed E-state index contributed by atoms with van der Waals surface area (Å²) in [4.78, 5) is 28.0. The molecule has 5 aromatic rings. The molecule has 0 aliphatic heterocycles. The lowest BCUT2D eigenvalue weighted by atomic mass is 10.0. The third-order valence-electron chi connectivity index (χ3n) is 6.15. The molecule has 3 aromatic heterocycles. The molecule has 2 aromatic carbocycles.